The Hall–Kier alpha value is -1.34. The summed E-state index contributed by atoms with van der Waals surface area (Å²) in [6, 6.07) is 0. The molecule has 0 aliphatic carbocycles. The van der Waals surface area contributed by atoms with E-state index in [1.165, 1.54) is 11.3 Å². The van der Waals surface area contributed by atoms with Crippen LogP contribution in [0.15, 0.2) is 0 Å². The van der Waals surface area contributed by atoms with Gasteiger partial charge in [0, 0.05) is 19.7 Å². The third kappa shape index (κ3) is 5.89. The molecule has 1 amide bonds. The Morgan fingerprint density at radius 3 is 2.81 bits per heavy atom. The van der Waals surface area contributed by atoms with E-state index < -0.39 is 0 Å². The molecule has 0 bridgehead atoms. The molecular formula is C14H26N4O2S. The molecule has 0 aliphatic rings. The van der Waals surface area contributed by atoms with Gasteiger partial charge in [-0.3, -0.25) is 4.79 Å². The Balaban J connectivity index is 2.57. The molecule has 0 aromatic carbocycles. The van der Waals surface area contributed by atoms with E-state index in [0.717, 1.165) is 25.8 Å². The van der Waals surface area contributed by atoms with Crippen LogP contribution in [0, 0.1) is 5.41 Å². The number of aliphatic hydroxyl groups is 1. The number of rotatable bonds is 9. The zero-order valence-corrected chi connectivity index (χ0v) is 13.8. The number of carbonyl (C=O) groups is 1. The third-order valence-corrected chi connectivity index (χ3v) is 4.15. The van der Waals surface area contributed by atoms with Crippen LogP contribution in [-0.2, 0) is 0 Å². The van der Waals surface area contributed by atoms with Crippen LogP contribution in [0.4, 0.5) is 10.9 Å². The summed E-state index contributed by atoms with van der Waals surface area (Å²) in [5.41, 5.74) is 5.74. The number of nitrogen functional groups attached to an aromatic ring is 1. The van der Waals surface area contributed by atoms with Gasteiger partial charge in [0.05, 0.1) is 0 Å². The van der Waals surface area contributed by atoms with Crippen molar-refractivity contribution in [2.45, 2.75) is 40.0 Å². The molecule has 0 saturated heterocycles. The molecule has 0 saturated carbocycles. The molecule has 1 heterocycles. The summed E-state index contributed by atoms with van der Waals surface area (Å²) in [5.74, 6) is 0.0795. The molecule has 0 radical (unpaired) electrons. The Bertz CT molecular complexity index is 460. The largest absolute Gasteiger partial charge is 0.396 e. The van der Waals surface area contributed by atoms with E-state index in [1.807, 2.05) is 0 Å². The van der Waals surface area contributed by atoms with Crippen molar-refractivity contribution in [2.75, 3.05) is 30.7 Å². The fraction of sp³-hybridized carbons (Fsp3) is 0.714. The zero-order valence-electron chi connectivity index (χ0n) is 13.0. The van der Waals surface area contributed by atoms with Crippen LogP contribution in [0.2, 0.25) is 0 Å². The van der Waals surface area contributed by atoms with Crippen LogP contribution >= 0.6 is 11.3 Å². The van der Waals surface area contributed by atoms with Gasteiger partial charge in [0.1, 0.15) is 10.7 Å². The normalized spacial score (nSPS) is 11.4. The number of aromatic nitrogens is 1. The van der Waals surface area contributed by atoms with Crippen LogP contribution < -0.4 is 16.4 Å². The van der Waals surface area contributed by atoms with Crippen molar-refractivity contribution in [1.29, 1.82) is 0 Å². The van der Waals surface area contributed by atoms with Crippen molar-refractivity contribution in [3.8, 4) is 0 Å². The Kier molecular flexibility index (Phi) is 6.91. The number of thiazole rings is 1. The molecule has 0 atom stereocenters. The van der Waals surface area contributed by atoms with Crippen molar-refractivity contribution in [1.82, 2.24) is 10.3 Å². The molecule has 0 spiro atoms. The monoisotopic (exact) mass is 314 g/mol. The van der Waals surface area contributed by atoms with Gasteiger partial charge in [0.25, 0.3) is 5.91 Å². The molecule has 0 unspecified atom stereocenters. The maximum atomic E-state index is 12.2. The lowest BCUT2D eigenvalue weighted by atomic mass is 9.88. The van der Waals surface area contributed by atoms with Gasteiger partial charge in [0.15, 0.2) is 5.13 Å². The number of nitrogens with zero attached hydrogens (tertiary/aromatic N) is 1. The minimum absolute atomic E-state index is 0.0544. The first-order valence-electron chi connectivity index (χ1n) is 7.29. The second-order valence-electron chi connectivity index (χ2n) is 5.83. The summed E-state index contributed by atoms with van der Waals surface area (Å²) < 4.78 is 0. The topological polar surface area (TPSA) is 100 Å². The predicted octanol–water partition coefficient (Wildman–Crippen LogP) is 2.08. The lowest BCUT2D eigenvalue weighted by Gasteiger charge is -2.24. The number of hydrogen-bond acceptors (Lipinski definition) is 6. The standard InChI is InChI=1S/C14H26N4O2S/c1-4-7-16-13-18-11(15)10(21-13)12(20)17-9-14(2,3)6-5-8-19/h19H,4-9,15H2,1-3H3,(H,16,18)(H,17,20). The van der Waals surface area contributed by atoms with E-state index in [1.54, 1.807) is 0 Å². The number of amides is 1. The first kappa shape index (κ1) is 17.7. The molecule has 120 valence electrons. The molecule has 5 N–H and O–H groups in total. The minimum Gasteiger partial charge on any atom is -0.396 e. The van der Waals surface area contributed by atoms with Gasteiger partial charge >= 0.3 is 0 Å². The fourth-order valence-corrected chi connectivity index (χ4v) is 2.67. The number of nitrogens with one attached hydrogen (secondary N) is 2. The second-order valence-corrected chi connectivity index (χ2v) is 6.83. The summed E-state index contributed by atoms with van der Waals surface area (Å²) in [6.45, 7) is 7.71. The van der Waals surface area contributed by atoms with Gasteiger partial charge in [-0.25, -0.2) is 4.98 Å². The zero-order chi connectivity index (χ0) is 15.9. The molecule has 1 aromatic rings. The van der Waals surface area contributed by atoms with Crippen LogP contribution in [0.1, 0.15) is 49.7 Å². The molecular weight excluding hydrogens is 288 g/mol. The van der Waals surface area contributed by atoms with E-state index in [0.29, 0.717) is 16.6 Å². The first-order valence-corrected chi connectivity index (χ1v) is 8.10. The number of aliphatic hydroxyl groups excluding tert-OH is 1. The molecule has 1 aromatic heterocycles. The predicted molar refractivity (Wildman–Crippen MR) is 87.7 cm³/mol. The number of carbonyl (C=O) groups excluding carboxylic acids is 1. The minimum atomic E-state index is -0.188. The fourth-order valence-electron chi connectivity index (χ4n) is 1.85. The summed E-state index contributed by atoms with van der Waals surface area (Å²) >= 11 is 1.28. The molecule has 21 heavy (non-hydrogen) atoms. The van der Waals surface area contributed by atoms with Gasteiger partial charge in [-0.05, 0) is 24.7 Å². The van der Waals surface area contributed by atoms with Crippen molar-refractivity contribution in [3.05, 3.63) is 4.88 Å². The Morgan fingerprint density at radius 2 is 2.19 bits per heavy atom. The average molecular weight is 314 g/mol. The van der Waals surface area contributed by atoms with Crippen LogP contribution in [-0.4, -0.2) is 35.7 Å². The highest BCUT2D eigenvalue weighted by Crippen LogP contribution is 2.26. The van der Waals surface area contributed by atoms with Crippen molar-refractivity contribution < 1.29 is 9.90 Å². The van der Waals surface area contributed by atoms with Crippen molar-refractivity contribution >= 4 is 28.2 Å². The SMILES string of the molecule is CCCNc1nc(N)c(C(=O)NCC(C)(C)CCCO)s1. The maximum absolute atomic E-state index is 12.2. The smallest absolute Gasteiger partial charge is 0.265 e. The number of nitrogens with two attached hydrogens (primary N) is 1. The average Bonchev–Trinajstić information content (AvgIpc) is 2.81. The molecule has 0 fully saturated rings. The van der Waals surface area contributed by atoms with Crippen molar-refractivity contribution in [2.24, 2.45) is 5.41 Å². The van der Waals surface area contributed by atoms with Crippen LogP contribution in [0.25, 0.3) is 0 Å². The molecule has 0 aliphatic heterocycles. The lowest BCUT2D eigenvalue weighted by molar-refractivity contribution is 0.0937. The van der Waals surface area contributed by atoms with Gasteiger partial charge in [-0.2, -0.15) is 0 Å². The van der Waals surface area contributed by atoms with Gasteiger partial charge in [0.2, 0.25) is 0 Å². The van der Waals surface area contributed by atoms with E-state index >= 15 is 0 Å². The lowest BCUT2D eigenvalue weighted by Crippen LogP contribution is -2.34. The number of hydrogen-bond donors (Lipinski definition) is 4. The summed E-state index contributed by atoms with van der Waals surface area (Å²) in [6.07, 6.45) is 2.57. The van der Waals surface area contributed by atoms with Crippen molar-refractivity contribution in [3.63, 3.8) is 0 Å². The van der Waals surface area contributed by atoms with E-state index in [4.69, 9.17) is 10.8 Å². The first-order chi connectivity index (χ1) is 9.89. The summed E-state index contributed by atoms with van der Waals surface area (Å²) in [4.78, 5) is 16.8. The van der Waals surface area contributed by atoms with E-state index in [2.05, 4.69) is 36.4 Å². The van der Waals surface area contributed by atoms with Crippen LogP contribution in [0.3, 0.4) is 0 Å². The van der Waals surface area contributed by atoms with Gasteiger partial charge < -0.3 is 21.5 Å². The summed E-state index contributed by atoms with van der Waals surface area (Å²) in [7, 11) is 0. The maximum Gasteiger partial charge on any atom is 0.265 e. The van der Waals surface area contributed by atoms with Gasteiger partial charge in [-0.15, -0.1) is 0 Å². The van der Waals surface area contributed by atoms with Gasteiger partial charge in [-0.1, -0.05) is 32.1 Å². The Labute approximate surface area is 130 Å². The highest BCUT2D eigenvalue weighted by molar-refractivity contribution is 7.18. The van der Waals surface area contributed by atoms with E-state index in [-0.39, 0.29) is 23.7 Å². The highest BCUT2D eigenvalue weighted by Gasteiger charge is 2.21. The van der Waals surface area contributed by atoms with Crippen LogP contribution in [0.5, 0.6) is 0 Å². The molecule has 1 rings (SSSR count). The second kappa shape index (κ2) is 8.19. The quantitative estimate of drug-likeness (QED) is 0.559. The third-order valence-electron chi connectivity index (χ3n) is 3.12. The van der Waals surface area contributed by atoms with E-state index in [9.17, 15) is 4.79 Å². The molecule has 6 nitrogen and oxygen atoms in total. The molecule has 7 heteroatoms. The summed E-state index contributed by atoms with van der Waals surface area (Å²) in [5, 5.41) is 15.6. The highest BCUT2D eigenvalue weighted by atomic mass is 32.1. The Morgan fingerprint density at radius 1 is 1.48 bits per heavy atom. The number of anilines is 2.